The summed E-state index contributed by atoms with van der Waals surface area (Å²) >= 11 is -0.159. The van der Waals surface area contributed by atoms with Gasteiger partial charge in [-0.2, -0.15) is 23.6 Å². The standard InChI is InChI=1S/C9H7.C6H7.4CH3.2ClH.2Si.Zr/c1-2-5-9-7-3-6-8(9)4-1;1-6-4-2-3-5-6;;;;;;;;;/h1-7H;4-5H,2H2,1H3;4*1H3;2*1H;;;/q6*-1;;;;;. The number of benzene rings is 1. The third-order valence-corrected chi connectivity index (χ3v) is 2.42. The van der Waals surface area contributed by atoms with Gasteiger partial charge in [-0.3, -0.25) is 6.08 Å². The number of hydrogen-bond donors (Lipinski definition) is 0. The third kappa shape index (κ3) is 17.0. The first-order valence-corrected chi connectivity index (χ1v) is 14.1. The van der Waals surface area contributed by atoms with Gasteiger partial charge in [0.15, 0.2) is 0 Å². The molecular formula is C19H28Cl2Si2Zr-6. The van der Waals surface area contributed by atoms with Gasteiger partial charge in [0.05, 0.1) is 0 Å². The normalized spacial score (nSPS) is 8.79. The van der Waals surface area contributed by atoms with Crippen LogP contribution in [0, 0.1) is 35.8 Å². The van der Waals surface area contributed by atoms with Crippen LogP contribution in [0.2, 0.25) is 0 Å². The van der Waals surface area contributed by atoms with Gasteiger partial charge in [-0.15, -0.1) is 67.8 Å². The molecule has 24 heavy (non-hydrogen) atoms. The van der Waals surface area contributed by atoms with Crippen molar-refractivity contribution >= 4 is 49.3 Å². The van der Waals surface area contributed by atoms with Crippen LogP contribution in [0.3, 0.4) is 0 Å². The van der Waals surface area contributed by atoms with Crippen molar-refractivity contribution in [3.63, 3.8) is 0 Å². The molecule has 0 spiro atoms. The quantitative estimate of drug-likeness (QED) is 0.318. The average molecular weight is 475 g/mol. The summed E-state index contributed by atoms with van der Waals surface area (Å²) < 4.78 is 0. The van der Waals surface area contributed by atoms with E-state index in [2.05, 4.69) is 75.3 Å². The van der Waals surface area contributed by atoms with Crippen LogP contribution in [0.25, 0.3) is 10.8 Å². The third-order valence-electron chi connectivity index (χ3n) is 2.42. The van der Waals surface area contributed by atoms with Crippen LogP contribution in [-0.2, 0) is 20.5 Å². The van der Waals surface area contributed by atoms with Gasteiger partial charge < -0.3 is 29.7 Å². The van der Waals surface area contributed by atoms with Crippen LogP contribution in [0.5, 0.6) is 0 Å². The molecule has 0 aliphatic heterocycles. The Kier molecular flexibility index (Phi) is 41.7. The summed E-state index contributed by atoms with van der Waals surface area (Å²) in [5.74, 6) is 0. The summed E-state index contributed by atoms with van der Waals surface area (Å²) in [4.78, 5) is 0. The molecule has 0 amide bonds. The van der Waals surface area contributed by atoms with Crippen LogP contribution < -0.4 is 0 Å². The monoisotopic (exact) mass is 472 g/mol. The zero-order valence-electron chi connectivity index (χ0n) is 15.2. The molecule has 0 atom stereocenters. The molecule has 1 aliphatic rings. The second-order valence-electron chi connectivity index (χ2n) is 3.78. The Labute approximate surface area is 178 Å². The molecule has 2 aromatic carbocycles. The first-order chi connectivity index (χ1) is 8.77. The van der Waals surface area contributed by atoms with Crippen LogP contribution >= 0.6 is 24.8 Å². The van der Waals surface area contributed by atoms with Crippen LogP contribution in [0.4, 0.5) is 0 Å². The van der Waals surface area contributed by atoms with Crippen molar-refractivity contribution in [2.24, 2.45) is 0 Å². The van der Waals surface area contributed by atoms with Crippen molar-refractivity contribution in [2.45, 2.75) is 13.3 Å². The first-order valence-electron chi connectivity index (χ1n) is 5.70. The van der Waals surface area contributed by atoms with Gasteiger partial charge in [0.25, 0.3) is 0 Å². The molecule has 3 rings (SSSR count). The molecule has 0 N–H and O–H groups in total. The molecule has 0 bridgehead atoms. The number of halogens is 2. The minimum absolute atomic E-state index is 0. The van der Waals surface area contributed by atoms with Crippen LogP contribution in [0.1, 0.15) is 13.3 Å². The number of fused-ring (bicyclic) bond motifs is 1. The summed E-state index contributed by atoms with van der Waals surface area (Å²) in [5, 5.41) is 2.66. The van der Waals surface area contributed by atoms with E-state index in [4.69, 9.17) is 0 Å². The Bertz CT molecular complexity index is 551. The first kappa shape index (κ1) is 39.3. The number of rotatable bonds is 0. The SMILES string of the molecule is CC1=CC[C-]=C1.Cl.Cl.[CH3-].[CH3-].[CH3-].[CH3-].[Si]=[Zr]=[Si].c1ccc2[cH-]ccc2c1. The fourth-order valence-corrected chi connectivity index (χ4v) is 1.57. The minimum atomic E-state index is -0.159. The van der Waals surface area contributed by atoms with Crippen LogP contribution in [-0.4, -0.2) is 13.8 Å². The minimum Gasteiger partial charge on any atom is -0.168 e. The molecule has 1 aliphatic carbocycles. The molecule has 0 aromatic heterocycles. The van der Waals surface area contributed by atoms with E-state index in [1.165, 1.54) is 16.3 Å². The predicted molar refractivity (Wildman–Crippen MR) is 117 cm³/mol. The van der Waals surface area contributed by atoms with Gasteiger partial charge in [0.1, 0.15) is 0 Å². The number of allylic oxidation sites excluding steroid dienone is 4. The van der Waals surface area contributed by atoms with E-state index in [9.17, 15) is 0 Å². The van der Waals surface area contributed by atoms with E-state index >= 15 is 0 Å². The molecule has 4 radical (unpaired) electrons. The molecule has 0 heterocycles. The fourth-order valence-electron chi connectivity index (χ4n) is 1.57. The van der Waals surface area contributed by atoms with Gasteiger partial charge >= 0.3 is 34.2 Å². The largest absolute Gasteiger partial charge is 0.168 e. The van der Waals surface area contributed by atoms with Gasteiger partial charge in [-0.25, -0.2) is 11.6 Å². The van der Waals surface area contributed by atoms with Gasteiger partial charge in [0.2, 0.25) is 0 Å². The van der Waals surface area contributed by atoms with Gasteiger partial charge in [0, 0.05) is 0 Å². The zero-order chi connectivity index (χ0) is 13.2. The zero-order valence-corrected chi connectivity index (χ0v) is 21.3. The molecule has 0 saturated carbocycles. The Morgan fingerprint density at radius 2 is 1.54 bits per heavy atom. The molecule has 2 aromatic rings. The van der Waals surface area contributed by atoms with Gasteiger partial charge in [-0.1, -0.05) is 6.07 Å². The van der Waals surface area contributed by atoms with Crippen molar-refractivity contribution < 1.29 is 20.5 Å². The Balaban J connectivity index is -0.0000000493. The summed E-state index contributed by atoms with van der Waals surface area (Å²) in [6, 6.07) is 14.7. The van der Waals surface area contributed by atoms with Crippen molar-refractivity contribution in [1.29, 1.82) is 0 Å². The Morgan fingerprint density at radius 3 is 1.92 bits per heavy atom. The van der Waals surface area contributed by atoms with Gasteiger partial charge in [-0.05, 0) is 0 Å². The maximum Gasteiger partial charge on any atom is -0.0809 e. The molecule has 0 saturated heterocycles. The molecule has 0 fully saturated rings. The fraction of sp³-hybridized carbons (Fsp3) is 0.105. The Hall–Kier alpha value is 0.207. The summed E-state index contributed by atoms with van der Waals surface area (Å²) in [6.07, 6.45) is 8.24. The molecule has 0 unspecified atom stereocenters. The summed E-state index contributed by atoms with van der Waals surface area (Å²) in [6.45, 7) is 8.62. The van der Waals surface area contributed by atoms with E-state index in [0.717, 1.165) is 6.42 Å². The Morgan fingerprint density at radius 1 is 1.00 bits per heavy atom. The second-order valence-corrected chi connectivity index (χ2v) is 10.3. The average Bonchev–Trinajstić information content (AvgIpc) is 3.01. The van der Waals surface area contributed by atoms with E-state index in [1.54, 1.807) is 0 Å². The maximum atomic E-state index is 3.27. The van der Waals surface area contributed by atoms with Crippen molar-refractivity contribution in [3.8, 4) is 0 Å². The summed E-state index contributed by atoms with van der Waals surface area (Å²) in [7, 11) is 0. The second kappa shape index (κ2) is 25.4. The molecule has 5 heteroatoms. The van der Waals surface area contributed by atoms with Crippen molar-refractivity contribution in [3.05, 3.63) is 96.0 Å². The van der Waals surface area contributed by atoms with E-state index in [1.807, 2.05) is 6.08 Å². The molecule has 136 valence electrons. The smallest absolute Gasteiger partial charge is 0.0809 e. The molecular weight excluding hydrogens is 447 g/mol. The maximum absolute atomic E-state index is 3.27. The van der Waals surface area contributed by atoms with E-state index in [0.29, 0.717) is 0 Å². The van der Waals surface area contributed by atoms with E-state index < -0.39 is 0 Å². The predicted octanol–water partition coefficient (Wildman–Crippen LogP) is 6.14. The van der Waals surface area contributed by atoms with Crippen molar-refractivity contribution in [1.82, 2.24) is 0 Å². The number of hydrogen-bond acceptors (Lipinski definition) is 0. The van der Waals surface area contributed by atoms with E-state index in [-0.39, 0.29) is 75.0 Å². The topological polar surface area (TPSA) is 0 Å². The molecule has 0 nitrogen and oxygen atoms in total. The summed E-state index contributed by atoms with van der Waals surface area (Å²) in [5.41, 5.74) is 1.34. The van der Waals surface area contributed by atoms with Crippen LogP contribution in [0.15, 0.2) is 60.2 Å². The van der Waals surface area contributed by atoms with Crippen molar-refractivity contribution in [2.75, 3.05) is 0 Å².